The van der Waals surface area contributed by atoms with Gasteiger partial charge in [-0.15, -0.1) is 11.3 Å². The molecule has 1 fully saturated rings. The molecule has 4 aromatic rings. The molecule has 2 N–H and O–H groups in total. The Bertz CT molecular complexity index is 1210. The first-order valence-corrected chi connectivity index (χ1v) is 10.6. The van der Waals surface area contributed by atoms with Gasteiger partial charge in [-0.3, -0.25) is 4.79 Å². The maximum absolute atomic E-state index is 13.2. The number of hydrogen-bond donors (Lipinski definition) is 1. The Morgan fingerprint density at radius 2 is 1.79 bits per heavy atom. The number of pyridine rings is 1. The highest BCUT2D eigenvalue weighted by Gasteiger charge is 2.26. The Morgan fingerprint density at radius 3 is 2.55 bits per heavy atom. The van der Waals surface area contributed by atoms with Crippen LogP contribution in [0, 0.1) is 6.92 Å². The molecule has 0 atom stereocenters. The zero-order valence-electron chi connectivity index (χ0n) is 16.3. The van der Waals surface area contributed by atoms with Gasteiger partial charge in [0.1, 0.15) is 9.71 Å². The van der Waals surface area contributed by atoms with Crippen LogP contribution in [0.15, 0.2) is 54.6 Å². The second-order valence-corrected chi connectivity index (χ2v) is 8.50. The van der Waals surface area contributed by atoms with Crippen LogP contribution in [0.1, 0.15) is 15.2 Å². The van der Waals surface area contributed by atoms with Gasteiger partial charge >= 0.3 is 0 Å². The zero-order valence-corrected chi connectivity index (χ0v) is 17.1. The first kappa shape index (κ1) is 17.9. The van der Waals surface area contributed by atoms with Crippen LogP contribution in [0.4, 0.5) is 11.4 Å². The highest BCUT2D eigenvalue weighted by atomic mass is 32.1. The second-order valence-electron chi connectivity index (χ2n) is 7.50. The number of amides is 1. The van der Waals surface area contributed by atoms with Gasteiger partial charge in [-0.05, 0) is 36.8 Å². The van der Waals surface area contributed by atoms with E-state index in [2.05, 4.69) is 42.2 Å². The molecular weight excluding hydrogens is 380 g/mol. The molecule has 0 unspecified atom stereocenters. The number of thiophene rings is 1. The molecule has 0 spiro atoms. The maximum atomic E-state index is 13.2. The van der Waals surface area contributed by atoms with Crippen LogP contribution in [-0.4, -0.2) is 42.0 Å². The van der Waals surface area contributed by atoms with E-state index in [-0.39, 0.29) is 5.91 Å². The standard InChI is InChI=1S/C23H22N4OS/c1-15-7-8-16-14-18-20(24)21(29-22(18)25-19(16)13-15)23(28)27-11-9-26(10-12-27)17-5-3-2-4-6-17/h2-8,13-14H,9-12,24H2,1H3. The first-order chi connectivity index (χ1) is 14.1. The SMILES string of the molecule is Cc1ccc2cc3c(N)c(C(=O)N4CCN(c5ccccc5)CC4)sc3nc2c1. The number of nitrogens with two attached hydrogens (primary N) is 1. The van der Waals surface area contributed by atoms with Crippen molar-refractivity contribution in [2.75, 3.05) is 36.8 Å². The number of hydrogen-bond acceptors (Lipinski definition) is 5. The van der Waals surface area contributed by atoms with Crippen LogP contribution in [0.2, 0.25) is 0 Å². The summed E-state index contributed by atoms with van der Waals surface area (Å²) in [6.45, 7) is 5.08. The summed E-state index contributed by atoms with van der Waals surface area (Å²) >= 11 is 1.40. The van der Waals surface area contributed by atoms with Crippen molar-refractivity contribution in [2.24, 2.45) is 0 Å². The van der Waals surface area contributed by atoms with E-state index in [0.717, 1.165) is 34.2 Å². The summed E-state index contributed by atoms with van der Waals surface area (Å²) < 4.78 is 0. The molecule has 0 aliphatic carbocycles. The minimum atomic E-state index is 0.0125. The molecule has 2 aromatic heterocycles. The van der Waals surface area contributed by atoms with Gasteiger partial charge in [0.25, 0.3) is 5.91 Å². The third-order valence-corrected chi connectivity index (χ3v) is 6.66. The smallest absolute Gasteiger partial charge is 0.266 e. The lowest BCUT2D eigenvalue weighted by molar-refractivity contribution is 0.0752. The number of benzene rings is 2. The van der Waals surface area contributed by atoms with Gasteiger partial charge < -0.3 is 15.5 Å². The van der Waals surface area contributed by atoms with E-state index in [1.54, 1.807) is 0 Å². The van der Waals surface area contributed by atoms with Crippen molar-refractivity contribution in [3.8, 4) is 0 Å². The minimum absolute atomic E-state index is 0.0125. The number of rotatable bonds is 2. The fraction of sp³-hybridized carbons (Fsp3) is 0.217. The van der Waals surface area contributed by atoms with Crippen LogP contribution < -0.4 is 10.6 Å². The number of fused-ring (bicyclic) bond motifs is 2. The largest absolute Gasteiger partial charge is 0.397 e. The molecule has 6 heteroatoms. The molecule has 3 heterocycles. The Labute approximate surface area is 173 Å². The van der Waals surface area contributed by atoms with E-state index in [1.165, 1.54) is 22.6 Å². The number of aryl methyl sites for hydroxylation is 1. The number of piperazine rings is 1. The molecular formula is C23H22N4OS. The van der Waals surface area contributed by atoms with E-state index in [1.807, 2.05) is 29.2 Å². The molecule has 0 radical (unpaired) electrons. The van der Waals surface area contributed by atoms with E-state index >= 15 is 0 Å². The van der Waals surface area contributed by atoms with Crippen LogP contribution in [-0.2, 0) is 0 Å². The maximum Gasteiger partial charge on any atom is 0.266 e. The summed E-state index contributed by atoms with van der Waals surface area (Å²) in [5, 5.41) is 1.92. The molecule has 5 rings (SSSR count). The number of carbonyl (C=O) groups excluding carboxylic acids is 1. The van der Waals surface area contributed by atoms with Gasteiger partial charge in [-0.1, -0.05) is 30.3 Å². The normalized spacial score (nSPS) is 14.7. The lowest BCUT2D eigenvalue weighted by Gasteiger charge is -2.36. The number of carbonyl (C=O) groups is 1. The third-order valence-electron chi connectivity index (χ3n) is 5.55. The molecule has 0 saturated carbocycles. The summed E-state index contributed by atoms with van der Waals surface area (Å²) in [5.41, 5.74) is 10.3. The van der Waals surface area contributed by atoms with Crippen molar-refractivity contribution >= 4 is 49.7 Å². The molecule has 1 aliphatic heterocycles. The molecule has 1 aliphatic rings. The predicted octanol–water partition coefficient (Wildman–Crippen LogP) is 4.30. The van der Waals surface area contributed by atoms with Gasteiger partial charge in [0, 0.05) is 42.6 Å². The topological polar surface area (TPSA) is 62.5 Å². The van der Waals surface area contributed by atoms with Gasteiger partial charge in [0.15, 0.2) is 0 Å². The molecule has 1 amide bonds. The Kier molecular flexibility index (Phi) is 4.36. The highest BCUT2D eigenvalue weighted by Crippen LogP contribution is 2.35. The Balaban J connectivity index is 1.41. The van der Waals surface area contributed by atoms with Gasteiger partial charge in [0.05, 0.1) is 11.2 Å². The zero-order chi connectivity index (χ0) is 20.0. The Hall–Kier alpha value is -3.12. The fourth-order valence-electron chi connectivity index (χ4n) is 3.91. The van der Waals surface area contributed by atoms with Crippen molar-refractivity contribution in [1.82, 2.24) is 9.88 Å². The predicted molar refractivity (Wildman–Crippen MR) is 121 cm³/mol. The molecule has 29 heavy (non-hydrogen) atoms. The van der Waals surface area contributed by atoms with Gasteiger partial charge in [-0.25, -0.2) is 4.98 Å². The lowest BCUT2D eigenvalue weighted by Crippen LogP contribution is -2.48. The van der Waals surface area contributed by atoms with E-state index in [4.69, 9.17) is 10.7 Å². The number of aromatic nitrogens is 1. The lowest BCUT2D eigenvalue weighted by atomic mass is 10.1. The number of anilines is 2. The monoisotopic (exact) mass is 402 g/mol. The minimum Gasteiger partial charge on any atom is -0.397 e. The molecule has 1 saturated heterocycles. The number of nitrogens with zero attached hydrogens (tertiary/aromatic N) is 3. The van der Waals surface area contributed by atoms with E-state index in [0.29, 0.717) is 23.7 Å². The van der Waals surface area contributed by atoms with Crippen LogP contribution in [0.5, 0.6) is 0 Å². The molecule has 2 aromatic carbocycles. The number of nitrogen functional groups attached to an aromatic ring is 1. The van der Waals surface area contributed by atoms with Crippen molar-refractivity contribution in [3.63, 3.8) is 0 Å². The summed E-state index contributed by atoms with van der Waals surface area (Å²) in [6.07, 6.45) is 0. The average Bonchev–Trinajstić information content (AvgIpc) is 3.08. The van der Waals surface area contributed by atoms with Crippen LogP contribution in [0.3, 0.4) is 0 Å². The second kappa shape index (κ2) is 7.04. The molecule has 146 valence electrons. The summed E-state index contributed by atoms with van der Waals surface area (Å²) in [7, 11) is 0. The van der Waals surface area contributed by atoms with Crippen LogP contribution >= 0.6 is 11.3 Å². The van der Waals surface area contributed by atoms with Crippen molar-refractivity contribution in [1.29, 1.82) is 0 Å². The van der Waals surface area contributed by atoms with E-state index in [9.17, 15) is 4.79 Å². The molecule has 0 bridgehead atoms. The quantitative estimate of drug-likeness (QED) is 0.543. The van der Waals surface area contributed by atoms with E-state index < -0.39 is 0 Å². The van der Waals surface area contributed by atoms with Crippen molar-refractivity contribution < 1.29 is 4.79 Å². The average molecular weight is 403 g/mol. The fourth-order valence-corrected chi connectivity index (χ4v) is 4.97. The van der Waals surface area contributed by atoms with Gasteiger partial charge in [0.2, 0.25) is 0 Å². The summed E-state index contributed by atoms with van der Waals surface area (Å²) in [4.78, 5) is 23.6. The summed E-state index contributed by atoms with van der Waals surface area (Å²) in [6, 6.07) is 18.6. The first-order valence-electron chi connectivity index (χ1n) is 9.79. The number of para-hydroxylation sites is 1. The summed E-state index contributed by atoms with van der Waals surface area (Å²) in [5.74, 6) is 0.0125. The molecule has 5 nitrogen and oxygen atoms in total. The highest BCUT2D eigenvalue weighted by molar-refractivity contribution is 7.21. The van der Waals surface area contributed by atoms with Crippen LogP contribution in [0.25, 0.3) is 21.1 Å². The van der Waals surface area contributed by atoms with Crippen molar-refractivity contribution in [2.45, 2.75) is 6.92 Å². The van der Waals surface area contributed by atoms with Crippen molar-refractivity contribution in [3.05, 3.63) is 65.0 Å². The Morgan fingerprint density at radius 1 is 1.03 bits per heavy atom. The van der Waals surface area contributed by atoms with Gasteiger partial charge in [-0.2, -0.15) is 0 Å². The third kappa shape index (κ3) is 3.19.